The van der Waals surface area contributed by atoms with Crippen molar-refractivity contribution in [2.75, 3.05) is 19.6 Å². The quantitative estimate of drug-likeness (QED) is 0.673. The van der Waals surface area contributed by atoms with Crippen molar-refractivity contribution < 1.29 is 13.6 Å². The van der Waals surface area contributed by atoms with Gasteiger partial charge in [0.2, 0.25) is 5.91 Å². The molecule has 1 N–H and O–H groups in total. The molecule has 1 aliphatic heterocycles. The van der Waals surface area contributed by atoms with Crippen LogP contribution in [0, 0.1) is 5.92 Å². The van der Waals surface area contributed by atoms with Crippen LogP contribution in [0.1, 0.15) is 13.3 Å². The number of amides is 1. The standard InChI is InChI=1S/C9H14F2N2O/c1-6-5-12-2-3-13(6)8(14)7-4-9(7,10)11/h6-7,12H,2-5H2,1H3. The summed E-state index contributed by atoms with van der Waals surface area (Å²) < 4.78 is 25.3. The van der Waals surface area contributed by atoms with Crippen molar-refractivity contribution in [3.05, 3.63) is 0 Å². The van der Waals surface area contributed by atoms with E-state index < -0.39 is 11.8 Å². The van der Waals surface area contributed by atoms with Crippen LogP contribution >= 0.6 is 0 Å². The second-order valence-electron chi connectivity index (χ2n) is 4.10. The normalized spacial score (nSPS) is 35.5. The van der Waals surface area contributed by atoms with Gasteiger partial charge < -0.3 is 10.2 Å². The van der Waals surface area contributed by atoms with Crippen LogP contribution in [-0.2, 0) is 4.79 Å². The maximum Gasteiger partial charge on any atom is 0.260 e. The summed E-state index contributed by atoms with van der Waals surface area (Å²) in [6.07, 6.45) is -0.261. The van der Waals surface area contributed by atoms with Crippen molar-refractivity contribution in [1.82, 2.24) is 10.2 Å². The molecule has 0 aromatic heterocycles. The van der Waals surface area contributed by atoms with Crippen LogP contribution in [0.3, 0.4) is 0 Å². The Morgan fingerprint density at radius 2 is 2.21 bits per heavy atom. The molecule has 0 bridgehead atoms. The molecule has 1 aliphatic carbocycles. The molecule has 2 unspecified atom stereocenters. The van der Waals surface area contributed by atoms with Crippen LogP contribution in [0.15, 0.2) is 0 Å². The molecular formula is C9H14F2N2O. The molecule has 0 spiro atoms. The maximum atomic E-state index is 12.7. The molecule has 0 aromatic rings. The molecule has 1 saturated carbocycles. The highest BCUT2D eigenvalue weighted by Gasteiger charge is 2.62. The van der Waals surface area contributed by atoms with Crippen molar-refractivity contribution in [2.45, 2.75) is 25.3 Å². The van der Waals surface area contributed by atoms with Crippen LogP contribution in [0.2, 0.25) is 0 Å². The molecule has 2 atom stereocenters. The van der Waals surface area contributed by atoms with Crippen molar-refractivity contribution in [2.24, 2.45) is 5.92 Å². The summed E-state index contributed by atoms with van der Waals surface area (Å²) >= 11 is 0. The third-order valence-corrected chi connectivity index (χ3v) is 2.91. The van der Waals surface area contributed by atoms with Gasteiger partial charge in [-0.15, -0.1) is 0 Å². The number of rotatable bonds is 1. The van der Waals surface area contributed by atoms with Gasteiger partial charge in [0.15, 0.2) is 0 Å². The Labute approximate surface area is 81.4 Å². The molecule has 80 valence electrons. The van der Waals surface area contributed by atoms with E-state index in [1.54, 1.807) is 4.90 Å². The lowest BCUT2D eigenvalue weighted by Crippen LogP contribution is -2.53. The van der Waals surface area contributed by atoms with E-state index in [9.17, 15) is 13.6 Å². The fourth-order valence-electron chi connectivity index (χ4n) is 1.85. The van der Waals surface area contributed by atoms with Crippen LogP contribution < -0.4 is 5.32 Å². The summed E-state index contributed by atoms with van der Waals surface area (Å²) in [7, 11) is 0. The minimum absolute atomic E-state index is 0.0349. The van der Waals surface area contributed by atoms with Crippen molar-refractivity contribution in [3.8, 4) is 0 Å². The van der Waals surface area contributed by atoms with Gasteiger partial charge in [-0.3, -0.25) is 4.79 Å². The number of halogens is 2. The number of nitrogens with one attached hydrogen (secondary N) is 1. The first kappa shape index (κ1) is 9.83. The topological polar surface area (TPSA) is 32.3 Å². The van der Waals surface area contributed by atoms with Gasteiger partial charge >= 0.3 is 0 Å². The van der Waals surface area contributed by atoms with E-state index in [1.807, 2.05) is 6.92 Å². The Kier molecular flexibility index (Phi) is 2.21. The molecule has 0 aromatic carbocycles. The number of hydrogen-bond acceptors (Lipinski definition) is 2. The van der Waals surface area contributed by atoms with Gasteiger partial charge in [0, 0.05) is 32.1 Å². The Balaban J connectivity index is 1.97. The predicted octanol–water partition coefficient (Wildman–Crippen LogP) is 0.462. The summed E-state index contributed by atoms with van der Waals surface area (Å²) in [6.45, 7) is 3.83. The second kappa shape index (κ2) is 3.15. The number of carbonyl (C=O) groups excluding carboxylic acids is 1. The molecule has 1 heterocycles. The van der Waals surface area contributed by atoms with Gasteiger partial charge in [-0.05, 0) is 6.92 Å². The molecule has 14 heavy (non-hydrogen) atoms. The summed E-state index contributed by atoms with van der Waals surface area (Å²) in [6, 6.07) is 0.0349. The number of carbonyl (C=O) groups is 1. The maximum absolute atomic E-state index is 12.7. The van der Waals surface area contributed by atoms with Gasteiger partial charge in [0.1, 0.15) is 5.92 Å². The van der Waals surface area contributed by atoms with Gasteiger partial charge in [0.25, 0.3) is 5.92 Å². The first-order chi connectivity index (χ1) is 6.52. The van der Waals surface area contributed by atoms with E-state index in [0.717, 1.165) is 0 Å². The first-order valence-corrected chi connectivity index (χ1v) is 4.91. The zero-order valence-electron chi connectivity index (χ0n) is 8.09. The highest BCUT2D eigenvalue weighted by molar-refractivity contribution is 5.83. The minimum atomic E-state index is -2.73. The Hall–Kier alpha value is -0.710. The second-order valence-corrected chi connectivity index (χ2v) is 4.10. The highest BCUT2D eigenvalue weighted by Crippen LogP contribution is 2.49. The summed E-state index contributed by atoms with van der Waals surface area (Å²) in [4.78, 5) is 13.2. The SMILES string of the molecule is CC1CNCCN1C(=O)C1CC1(F)F. The number of piperazine rings is 1. The van der Waals surface area contributed by atoms with Gasteiger partial charge in [-0.2, -0.15) is 0 Å². The molecule has 5 heteroatoms. The van der Waals surface area contributed by atoms with E-state index in [-0.39, 0.29) is 18.4 Å². The largest absolute Gasteiger partial charge is 0.337 e. The summed E-state index contributed by atoms with van der Waals surface area (Å²) in [5.74, 6) is -4.14. The Morgan fingerprint density at radius 3 is 2.71 bits per heavy atom. The van der Waals surface area contributed by atoms with Gasteiger partial charge in [-0.25, -0.2) is 8.78 Å². The third-order valence-electron chi connectivity index (χ3n) is 2.91. The number of alkyl halides is 2. The smallest absolute Gasteiger partial charge is 0.260 e. The van der Waals surface area contributed by atoms with Crippen LogP contribution in [-0.4, -0.2) is 42.4 Å². The fourth-order valence-corrected chi connectivity index (χ4v) is 1.85. The third kappa shape index (κ3) is 1.61. The summed E-state index contributed by atoms with van der Waals surface area (Å²) in [5, 5.41) is 3.12. The lowest BCUT2D eigenvalue weighted by atomic mass is 10.2. The van der Waals surface area contributed by atoms with Crippen molar-refractivity contribution >= 4 is 5.91 Å². The van der Waals surface area contributed by atoms with E-state index in [1.165, 1.54) is 0 Å². The first-order valence-electron chi connectivity index (χ1n) is 4.91. The van der Waals surface area contributed by atoms with Crippen molar-refractivity contribution in [3.63, 3.8) is 0 Å². The van der Waals surface area contributed by atoms with E-state index in [0.29, 0.717) is 19.6 Å². The molecule has 0 radical (unpaired) electrons. The van der Waals surface area contributed by atoms with E-state index in [2.05, 4.69) is 5.32 Å². The Bertz CT molecular complexity index is 257. The summed E-state index contributed by atoms with van der Waals surface area (Å²) in [5.41, 5.74) is 0. The minimum Gasteiger partial charge on any atom is -0.337 e. The monoisotopic (exact) mass is 204 g/mol. The molecule has 2 rings (SSSR count). The van der Waals surface area contributed by atoms with E-state index >= 15 is 0 Å². The number of nitrogens with zero attached hydrogens (tertiary/aromatic N) is 1. The average molecular weight is 204 g/mol. The fraction of sp³-hybridized carbons (Fsp3) is 0.889. The molecule has 3 nitrogen and oxygen atoms in total. The van der Waals surface area contributed by atoms with E-state index in [4.69, 9.17) is 0 Å². The van der Waals surface area contributed by atoms with Gasteiger partial charge in [-0.1, -0.05) is 0 Å². The highest BCUT2D eigenvalue weighted by atomic mass is 19.3. The zero-order valence-corrected chi connectivity index (χ0v) is 8.09. The van der Waals surface area contributed by atoms with Gasteiger partial charge in [0.05, 0.1) is 0 Å². The zero-order chi connectivity index (χ0) is 10.3. The van der Waals surface area contributed by atoms with Crippen molar-refractivity contribution in [1.29, 1.82) is 0 Å². The molecule has 1 amide bonds. The molecular weight excluding hydrogens is 190 g/mol. The van der Waals surface area contributed by atoms with Crippen LogP contribution in [0.25, 0.3) is 0 Å². The lowest BCUT2D eigenvalue weighted by molar-refractivity contribution is -0.137. The Morgan fingerprint density at radius 1 is 1.57 bits per heavy atom. The number of hydrogen-bond donors (Lipinski definition) is 1. The molecule has 2 aliphatic rings. The molecule has 1 saturated heterocycles. The predicted molar refractivity (Wildman–Crippen MR) is 47.1 cm³/mol. The van der Waals surface area contributed by atoms with Crippen LogP contribution in [0.5, 0.6) is 0 Å². The van der Waals surface area contributed by atoms with Crippen LogP contribution in [0.4, 0.5) is 8.78 Å². The lowest BCUT2D eigenvalue weighted by Gasteiger charge is -2.34. The average Bonchev–Trinajstić information content (AvgIpc) is 2.75. The molecule has 2 fully saturated rings.